The van der Waals surface area contributed by atoms with Gasteiger partial charge in [0.15, 0.2) is 0 Å². The van der Waals surface area contributed by atoms with E-state index in [9.17, 15) is 14.4 Å². The number of aryl methyl sites for hydroxylation is 1. The molecule has 2 aromatic carbocycles. The fourth-order valence-electron chi connectivity index (χ4n) is 2.95. The van der Waals surface area contributed by atoms with Crippen LogP contribution in [0.25, 0.3) is 17.4 Å². The van der Waals surface area contributed by atoms with Crippen LogP contribution < -0.4 is 5.32 Å². The van der Waals surface area contributed by atoms with E-state index in [1.165, 1.54) is 6.08 Å². The number of carbonyl (C=O) groups excluding carboxylic acids is 3. The van der Waals surface area contributed by atoms with Crippen molar-refractivity contribution in [2.24, 2.45) is 0 Å². The molecule has 3 aromatic rings. The van der Waals surface area contributed by atoms with E-state index in [1.54, 1.807) is 24.3 Å². The number of hydrogen-bond acceptors (Lipinski definition) is 5. The molecule has 156 valence electrons. The number of anilines is 1. The molecule has 6 nitrogen and oxygen atoms in total. The van der Waals surface area contributed by atoms with Crippen LogP contribution in [-0.4, -0.2) is 28.5 Å². The fraction of sp³-hybridized carbons (Fsp3) is 0.0870. The molecule has 0 radical (unpaired) electrons. The van der Waals surface area contributed by atoms with Crippen molar-refractivity contribution in [2.75, 3.05) is 11.9 Å². The van der Waals surface area contributed by atoms with Crippen molar-refractivity contribution < 1.29 is 18.8 Å². The van der Waals surface area contributed by atoms with Crippen molar-refractivity contribution in [3.8, 4) is 11.3 Å². The molecule has 2 heterocycles. The lowest BCUT2D eigenvalue weighted by Crippen LogP contribution is -2.36. The first kappa shape index (κ1) is 21.1. The van der Waals surface area contributed by atoms with Crippen LogP contribution in [0.3, 0.4) is 0 Å². The van der Waals surface area contributed by atoms with Crippen LogP contribution in [0.1, 0.15) is 11.3 Å². The highest BCUT2D eigenvalue weighted by Crippen LogP contribution is 2.33. The third kappa shape index (κ3) is 4.98. The lowest BCUT2D eigenvalue weighted by atomic mass is 10.2. The van der Waals surface area contributed by atoms with Crippen LogP contribution in [0.2, 0.25) is 0 Å². The molecule has 0 atom stereocenters. The number of amides is 3. The summed E-state index contributed by atoms with van der Waals surface area (Å²) in [7, 11) is 0. The van der Waals surface area contributed by atoms with Gasteiger partial charge in [-0.3, -0.25) is 19.3 Å². The number of thioether (sulfide) groups is 1. The average molecular weight is 497 g/mol. The first-order valence-electron chi connectivity index (χ1n) is 9.37. The molecule has 3 amide bonds. The van der Waals surface area contributed by atoms with E-state index in [2.05, 4.69) is 21.2 Å². The van der Waals surface area contributed by atoms with Gasteiger partial charge in [-0.2, -0.15) is 0 Å². The Morgan fingerprint density at radius 3 is 2.48 bits per heavy atom. The minimum Gasteiger partial charge on any atom is -0.457 e. The third-order valence-electron chi connectivity index (χ3n) is 4.54. The van der Waals surface area contributed by atoms with Gasteiger partial charge in [0.1, 0.15) is 18.1 Å². The minimum absolute atomic E-state index is 0.213. The van der Waals surface area contributed by atoms with Crippen molar-refractivity contribution in [1.29, 1.82) is 0 Å². The maximum absolute atomic E-state index is 12.7. The summed E-state index contributed by atoms with van der Waals surface area (Å²) in [6.45, 7) is 1.59. The molecule has 0 unspecified atom stereocenters. The van der Waals surface area contributed by atoms with E-state index < -0.39 is 17.1 Å². The van der Waals surface area contributed by atoms with Crippen molar-refractivity contribution in [3.63, 3.8) is 0 Å². The van der Waals surface area contributed by atoms with Crippen molar-refractivity contribution in [1.82, 2.24) is 4.90 Å². The second-order valence-electron chi connectivity index (χ2n) is 6.89. The molecule has 1 fully saturated rings. The number of rotatable bonds is 5. The number of nitrogens with zero attached hydrogens (tertiary/aromatic N) is 1. The molecule has 8 heteroatoms. The molecule has 1 N–H and O–H groups in total. The highest BCUT2D eigenvalue weighted by molar-refractivity contribution is 9.10. The van der Waals surface area contributed by atoms with Crippen LogP contribution in [-0.2, 0) is 9.59 Å². The number of nitrogens with one attached hydrogen (secondary N) is 1. The Balaban J connectivity index is 1.44. The van der Waals surface area contributed by atoms with Gasteiger partial charge in [-0.1, -0.05) is 45.8 Å². The Labute approximate surface area is 191 Å². The largest absolute Gasteiger partial charge is 0.457 e. The number of benzene rings is 2. The quantitative estimate of drug-likeness (QED) is 0.458. The number of hydrogen-bond donors (Lipinski definition) is 1. The molecule has 0 spiro atoms. The van der Waals surface area contributed by atoms with Crippen LogP contribution in [0.4, 0.5) is 10.5 Å². The first-order chi connectivity index (χ1) is 14.9. The molecule has 0 aliphatic carbocycles. The van der Waals surface area contributed by atoms with Crippen LogP contribution in [0, 0.1) is 6.92 Å². The first-order valence-corrected chi connectivity index (χ1v) is 11.0. The van der Waals surface area contributed by atoms with Gasteiger partial charge in [0, 0.05) is 21.8 Å². The predicted molar refractivity (Wildman–Crippen MR) is 124 cm³/mol. The number of halogens is 1. The van der Waals surface area contributed by atoms with Crippen LogP contribution in [0.5, 0.6) is 0 Å². The van der Waals surface area contributed by atoms with E-state index in [0.29, 0.717) is 17.2 Å². The monoisotopic (exact) mass is 496 g/mol. The van der Waals surface area contributed by atoms with E-state index in [0.717, 1.165) is 32.3 Å². The van der Waals surface area contributed by atoms with Gasteiger partial charge in [-0.05, 0) is 55.1 Å². The lowest BCUT2D eigenvalue weighted by molar-refractivity contribution is -0.127. The molecule has 1 aromatic heterocycles. The van der Waals surface area contributed by atoms with Gasteiger partial charge in [0.05, 0.1) is 4.91 Å². The number of imide groups is 1. The van der Waals surface area contributed by atoms with E-state index in [4.69, 9.17) is 4.42 Å². The van der Waals surface area contributed by atoms with Gasteiger partial charge < -0.3 is 9.73 Å². The van der Waals surface area contributed by atoms with Gasteiger partial charge in [0.25, 0.3) is 11.1 Å². The molecule has 0 saturated carbocycles. The standard InChI is InChI=1S/C23H17BrN2O4S/c1-14-2-8-17(9-3-14)25-21(27)13-26-22(28)20(31-23(26)29)12-18-10-11-19(30-18)15-4-6-16(24)7-5-15/h2-12H,13H2,1H3,(H,25,27)/b20-12+. The lowest BCUT2D eigenvalue weighted by Gasteiger charge is -2.12. The topological polar surface area (TPSA) is 79.6 Å². The zero-order valence-electron chi connectivity index (χ0n) is 16.4. The Morgan fingerprint density at radius 2 is 1.77 bits per heavy atom. The van der Waals surface area contributed by atoms with E-state index >= 15 is 0 Å². The van der Waals surface area contributed by atoms with E-state index in [1.807, 2.05) is 43.3 Å². The summed E-state index contributed by atoms with van der Waals surface area (Å²) in [6.07, 6.45) is 1.52. The summed E-state index contributed by atoms with van der Waals surface area (Å²) >= 11 is 4.18. The molecule has 1 saturated heterocycles. The Bertz CT molecular complexity index is 1180. The van der Waals surface area contributed by atoms with E-state index in [-0.39, 0.29) is 11.4 Å². The number of furan rings is 1. The average Bonchev–Trinajstić information content (AvgIpc) is 3.31. The van der Waals surface area contributed by atoms with Crippen molar-refractivity contribution in [2.45, 2.75) is 6.92 Å². The van der Waals surface area contributed by atoms with Gasteiger partial charge in [0.2, 0.25) is 5.91 Å². The van der Waals surface area contributed by atoms with Crippen molar-refractivity contribution >= 4 is 56.5 Å². The fourth-order valence-corrected chi connectivity index (χ4v) is 4.03. The van der Waals surface area contributed by atoms with Gasteiger partial charge in [-0.25, -0.2) is 0 Å². The van der Waals surface area contributed by atoms with Crippen LogP contribution >= 0.6 is 27.7 Å². The summed E-state index contributed by atoms with van der Waals surface area (Å²) in [5.74, 6) is 0.140. The Hall–Kier alpha value is -3.10. The van der Waals surface area contributed by atoms with Crippen molar-refractivity contribution in [3.05, 3.63) is 81.4 Å². The predicted octanol–water partition coefficient (Wildman–Crippen LogP) is 5.69. The summed E-state index contributed by atoms with van der Waals surface area (Å²) in [6, 6.07) is 18.4. The molecule has 4 rings (SSSR count). The van der Waals surface area contributed by atoms with Gasteiger partial charge >= 0.3 is 0 Å². The normalized spacial score (nSPS) is 15.0. The minimum atomic E-state index is -0.518. The third-order valence-corrected chi connectivity index (χ3v) is 5.98. The SMILES string of the molecule is Cc1ccc(NC(=O)CN2C(=O)S/C(=C/c3ccc(-c4ccc(Br)cc4)o3)C2=O)cc1. The highest BCUT2D eigenvalue weighted by atomic mass is 79.9. The molecular weight excluding hydrogens is 480 g/mol. The maximum Gasteiger partial charge on any atom is 0.294 e. The number of carbonyl (C=O) groups is 3. The smallest absolute Gasteiger partial charge is 0.294 e. The summed E-state index contributed by atoms with van der Waals surface area (Å²) in [5.41, 5.74) is 2.56. The Kier molecular flexibility index (Phi) is 6.11. The zero-order valence-corrected chi connectivity index (χ0v) is 18.8. The summed E-state index contributed by atoms with van der Waals surface area (Å²) in [5, 5.41) is 2.20. The molecule has 1 aliphatic heterocycles. The molecule has 1 aliphatic rings. The summed E-state index contributed by atoms with van der Waals surface area (Å²) in [4.78, 5) is 38.4. The molecule has 31 heavy (non-hydrogen) atoms. The summed E-state index contributed by atoms with van der Waals surface area (Å²) < 4.78 is 6.75. The highest BCUT2D eigenvalue weighted by Gasteiger charge is 2.36. The second kappa shape index (κ2) is 8.95. The molecular formula is C23H17BrN2O4S. The Morgan fingerprint density at radius 1 is 1.06 bits per heavy atom. The van der Waals surface area contributed by atoms with Gasteiger partial charge in [-0.15, -0.1) is 0 Å². The molecule has 0 bridgehead atoms. The zero-order chi connectivity index (χ0) is 22.0. The maximum atomic E-state index is 12.7. The second-order valence-corrected chi connectivity index (χ2v) is 8.80. The van der Waals surface area contributed by atoms with Crippen LogP contribution in [0.15, 0.2) is 74.5 Å².